The molecule has 2 heterocycles. The number of nitrogens with zero attached hydrogens (tertiary/aromatic N) is 4. The summed E-state index contributed by atoms with van der Waals surface area (Å²) in [6, 6.07) is 9.50. The lowest BCUT2D eigenvalue weighted by atomic mass is 10.0. The number of ether oxygens (including phenoxy) is 1. The molecule has 1 amide bonds. The van der Waals surface area contributed by atoms with Crippen LogP contribution in [-0.2, 0) is 10.0 Å². The van der Waals surface area contributed by atoms with Crippen molar-refractivity contribution in [3.63, 3.8) is 0 Å². The van der Waals surface area contributed by atoms with Crippen LogP contribution >= 0.6 is 0 Å². The molecule has 11 heteroatoms. The molecule has 1 N–H and O–H groups in total. The molecule has 2 aromatic carbocycles. The van der Waals surface area contributed by atoms with Crippen molar-refractivity contribution in [2.45, 2.75) is 30.9 Å². The molecule has 9 nitrogen and oxygen atoms in total. The molecule has 1 aromatic heterocycles. The van der Waals surface area contributed by atoms with E-state index in [4.69, 9.17) is 4.74 Å². The first-order chi connectivity index (χ1) is 17.6. The molecule has 0 unspecified atom stereocenters. The second kappa shape index (κ2) is 10.9. The minimum Gasteiger partial charge on any atom is -0.487 e. The third-order valence-corrected chi connectivity index (χ3v) is 8.45. The quantitative estimate of drug-likeness (QED) is 0.524. The Morgan fingerprint density at radius 2 is 1.95 bits per heavy atom. The van der Waals surface area contributed by atoms with Gasteiger partial charge in [0.15, 0.2) is 0 Å². The Hall–Kier alpha value is -3.41. The number of carbonyl (C=O) groups excluding carboxylic acids is 1. The number of aromatic nitrogens is 2. The van der Waals surface area contributed by atoms with Gasteiger partial charge in [-0.1, -0.05) is 19.1 Å². The van der Waals surface area contributed by atoms with Gasteiger partial charge in [0.25, 0.3) is 5.91 Å². The third kappa shape index (κ3) is 5.63. The average Bonchev–Trinajstić information content (AvgIpc) is 2.90. The lowest BCUT2D eigenvalue weighted by Crippen LogP contribution is -2.50. The van der Waals surface area contributed by atoms with Gasteiger partial charge >= 0.3 is 0 Å². The molecule has 4 rings (SSSR count). The molecule has 0 fully saturated rings. The SMILES string of the molecule is C[C@@H]1CN([C@@H](C)CO)S(=O)(=O)c2ccc(-c3cncnc3)cc2O[C@H]1CN(C)C(=O)c1cccc(F)c1. The van der Waals surface area contributed by atoms with E-state index in [1.165, 1.54) is 45.9 Å². The number of sulfonamides is 1. The van der Waals surface area contributed by atoms with Crippen LogP contribution in [0, 0.1) is 11.7 Å². The zero-order chi connectivity index (χ0) is 26.7. The monoisotopic (exact) mass is 528 g/mol. The van der Waals surface area contributed by atoms with Gasteiger partial charge in [0, 0.05) is 49.1 Å². The van der Waals surface area contributed by atoms with Crippen LogP contribution < -0.4 is 4.74 Å². The minimum absolute atomic E-state index is 0.0376. The predicted molar refractivity (Wildman–Crippen MR) is 135 cm³/mol. The highest BCUT2D eigenvalue weighted by Crippen LogP contribution is 2.36. The van der Waals surface area contributed by atoms with E-state index in [-0.39, 0.29) is 47.7 Å². The van der Waals surface area contributed by atoms with E-state index in [9.17, 15) is 22.7 Å². The minimum atomic E-state index is -4.01. The van der Waals surface area contributed by atoms with Crippen LogP contribution in [0.1, 0.15) is 24.2 Å². The normalized spacial score (nSPS) is 20.1. The summed E-state index contributed by atoms with van der Waals surface area (Å²) in [5.74, 6) is -1.14. The Morgan fingerprint density at radius 3 is 2.62 bits per heavy atom. The summed E-state index contributed by atoms with van der Waals surface area (Å²) < 4.78 is 48.5. The summed E-state index contributed by atoms with van der Waals surface area (Å²) in [5.41, 5.74) is 1.54. The number of carbonyl (C=O) groups is 1. The van der Waals surface area contributed by atoms with Crippen molar-refractivity contribution in [1.82, 2.24) is 19.2 Å². The van der Waals surface area contributed by atoms with Gasteiger partial charge in [-0.15, -0.1) is 0 Å². The zero-order valence-corrected chi connectivity index (χ0v) is 21.6. The van der Waals surface area contributed by atoms with E-state index in [0.717, 1.165) is 0 Å². The van der Waals surface area contributed by atoms with Crippen LogP contribution in [0.3, 0.4) is 0 Å². The van der Waals surface area contributed by atoms with Crippen molar-refractivity contribution >= 4 is 15.9 Å². The maximum atomic E-state index is 13.7. The Labute approximate surface area is 215 Å². The van der Waals surface area contributed by atoms with Gasteiger partial charge in [-0.2, -0.15) is 4.31 Å². The second-order valence-corrected chi connectivity index (χ2v) is 11.1. The van der Waals surface area contributed by atoms with Gasteiger partial charge in [0.1, 0.15) is 28.9 Å². The van der Waals surface area contributed by atoms with Crippen molar-refractivity contribution < 1.29 is 27.4 Å². The molecule has 0 radical (unpaired) electrons. The van der Waals surface area contributed by atoms with E-state index in [1.807, 2.05) is 6.92 Å². The summed E-state index contributed by atoms with van der Waals surface area (Å²) in [5, 5.41) is 9.81. The largest absolute Gasteiger partial charge is 0.487 e. The summed E-state index contributed by atoms with van der Waals surface area (Å²) in [6.07, 6.45) is 4.01. The van der Waals surface area contributed by atoms with E-state index in [1.54, 1.807) is 38.5 Å². The third-order valence-electron chi connectivity index (χ3n) is 6.43. The first kappa shape index (κ1) is 26.6. The van der Waals surface area contributed by atoms with Crippen LogP contribution in [0.2, 0.25) is 0 Å². The fourth-order valence-electron chi connectivity index (χ4n) is 4.27. The van der Waals surface area contributed by atoms with E-state index in [2.05, 4.69) is 9.97 Å². The maximum absolute atomic E-state index is 13.7. The molecule has 0 spiro atoms. The number of halogens is 1. The lowest BCUT2D eigenvalue weighted by molar-refractivity contribution is 0.0563. The number of aliphatic hydroxyl groups excluding tert-OH is 1. The summed E-state index contributed by atoms with van der Waals surface area (Å²) >= 11 is 0. The molecule has 3 atom stereocenters. The Bertz CT molecular complexity index is 1370. The molecule has 0 aliphatic carbocycles. The molecule has 1 aliphatic heterocycles. The van der Waals surface area contributed by atoms with Gasteiger partial charge in [0.05, 0.1) is 13.2 Å². The fraction of sp³-hybridized carbons (Fsp3) is 0.346. The van der Waals surface area contributed by atoms with Gasteiger partial charge < -0.3 is 14.7 Å². The van der Waals surface area contributed by atoms with Crippen LogP contribution in [0.4, 0.5) is 4.39 Å². The van der Waals surface area contributed by atoms with E-state index in [0.29, 0.717) is 11.1 Å². The second-order valence-electron chi connectivity index (χ2n) is 9.22. The van der Waals surface area contributed by atoms with Crippen LogP contribution in [0.15, 0.2) is 66.1 Å². The molecule has 0 bridgehead atoms. The number of aliphatic hydroxyl groups is 1. The molecule has 196 valence electrons. The highest BCUT2D eigenvalue weighted by molar-refractivity contribution is 7.89. The molecule has 0 saturated heterocycles. The van der Waals surface area contributed by atoms with Gasteiger partial charge in [0.2, 0.25) is 10.0 Å². The molecular weight excluding hydrogens is 499 g/mol. The molecule has 1 aliphatic rings. The summed E-state index contributed by atoms with van der Waals surface area (Å²) in [4.78, 5) is 22.4. The zero-order valence-electron chi connectivity index (χ0n) is 20.8. The summed E-state index contributed by atoms with van der Waals surface area (Å²) in [6.45, 7) is 3.30. The number of fused-ring (bicyclic) bond motifs is 1. The van der Waals surface area contributed by atoms with Crippen molar-refractivity contribution in [1.29, 1.82) is 0 Å². The van der Waals surface area contributed by atoms with Crippen molar-refractivity contribution in [3.8, 4) is 16.9 Å². The number of likely N-dealkylation sites (N-methyl/N-ethyl adjacent to an activating group) is 1. The molecule has 0 saturated carbocycles. The number of rotatable bonds is 6. The standard InChI is InChI=1S/C26H29FN4O5S/c1-17-13-31(18(2)15-32)37(34,35)25-8-7-19(21-11-28-16-29-12-21)10-23(25)36-24(17)14-30(3)26(33)20-5-4-6-22(27)9-20/h4-12,16-18,24,32H,13-15H2,1-3H3/t17-,18+,24+/m1/s1. The van der Waals surface area contributed by atoms with Crippen LogP contribution in [0.5, 0.6) is 5.75 Å². The Balaban J connectivity index is 1.74. The lowest BCUT2D eigenvalue weighted by Gasteiger charge is -2.37. The van der Waals surface area contributed by atoms with Crippen LogP contribution in [-0.4, -0.2) is 77.5 Å². The Morgan fingerprint density at radius 1 is 1.22 bits per heavy atom. The highest BCUT2D eigenvalue weighted by atomic mass is 32.2. The predicted octanol–water partition coefficient (Wildman–Crippen LogP) is 2.82. The number of hydrogen-bond donors (Lipinski definition) is 1. The average molecular weight is 529 g/mol. The van der Waals surface area contributed by atoms with Crippen molar-refractivity contribution in [3.05, 3.63) is 72.6 Å². The molecule has 3 aromatic rings. The van der Waals surface area contributed by atoms with Gasteiger partial charge in [-0.25, -0.2) is 22.8 Å². The first-order valence-electron chi connectivity index (χ1n) is 11.8. The summed E-state index contributed by atoms with van der Waals surface area (Å²) in [7, 11) is -2.42. The van der Waals surface area contributed by atoms with Gasteiger partial charge in [-0.3, -0.25) is 4.79 Å². The number of amides is 1. The fourth-order valence-corrected chi connectivity index (χ4v) is 6.09. The number of benzene rings is 2. The highest BCUT2D eigenvalue weighted by Gasteiger charge is 2.38. The smallest absolute Gasteiger partial charge is 0.253 e. The van der Waals surface area contributed by atoms with E-state index >= 15 is 0 Å². The topological polar surface area (TPSA) is 113 Å². The van der Waals surface area contributed by atoms with Crippen molar-refractivity contribution in [2.24, 2.45) is 5.92 Å². The van der Waals surface area contributed by atoms with E-state index < -0.39 is 28.0 Å². The van der Waals surface area contributed by atoms with Gasteiger partial charge in [-0.05, 0) is 42.8 Å². The first-order valence-corrected chi connectivity index (χ1v) is 13.3. The van der Waals surface area contributed by atoms with Crippen molar-refractivity contribution in [2.75, 3.05) is 26.7 Å². The molecule has 37 heavy (non-hydrogen) atoms. The Kier molecular flexibility index (Phi) is 7.86. The molecular formula is C26H29FN4O5S. The maximum Gasteiger partial charge on any atom is 0.253 e. The van der Waals surface area contributed by atoms with Crippen LogP contribution in [0.25, 0.3) is 11.1 Å². The number of hydrogen-bond acceptors (Lipinski definition) is 7.